The van der Waals surface area contributed by atoms with Gasteiger partial charge in [-0.25, -0.2) is 4.98 Å². The molecule has 0 fully saturated rings. The summed E-state index contributed by atoms with van der Waals surface area (Å²) in [6.45, 7) is 2.61. The second-order valence-electron chi connectivity index (χ2n) is 5.68. The molecule has 2 aromatic heterocycles. The third-order valence-corrected chi connectivity index (χ3v) is 5.47. The van der Waals surface area contributed by atoms with E-state index in [9.17, 15) is 0 Å². The average Bonchev–Trinajstić information content (AvgIpc) is 3.30. The number of aromatic nitrogens is 4. The fourth-order valence-corrected chi connectivity index (χ4v) is 3.92. The fourth-order valence-electron chi connectivity index (χ4n) is 2.65. The van der Waals surface area contributed by atoms with Crippen LogP contribution >= 0.6 is 27.3 Å². The lowest BCUT2D eigenvalue weighted by molar-refractivity contribution is 0.340. The summed E-state index contributed by atoms with van der Waals surface area (Å²) in [5.74, 6) is 1.30. The number of hydrogen-bond acceptors (Lipinski definition) is 6. The molecule has 0 amide bonds. The first-order valence-electron chi connectivity index (χ1n) is 8.32. The molecular weight excluding hydrogens is 426 g/mol. The maximum atomic E-state index is 6.30. The van der Waals surface area contributed by atoms with E-state index in [-0.39, 0.29) is 0 Å². The highest BCUT2D eigenvalue weighted by atomic mass is 79.9. The van der Waals surface area contributed by atoms with E-state index in [0.29, 0.717) is 18.1 Å². The van der Waals surface area contributed by atoms with Crippen LogP contribution in [0.4, 0.5) is 5.82 Å². The van der Waals surface area contributed by atoms with E-state index in [1.165, 1.54) is 11.3 Å². The first-order valence-corrected chi connectivity index (χ1v) is 10.00. The van der Waals surface area contributed by atoms with Crippen molar-refractivity contribution in [3.8, 4) is 33.4 Å². The number of thiazole rings is 1. The normalized spacial score (nSPS) is 10.9. The lowest BCUT2D eigenvalue weighted by atomic mass is 10.2. The number of ether oxygens (including phenoxy) is 1. The number of para-hydroxylation sites is 1. The molecule has 2 heterocycles. The monoisotopic (exact) mass is 441 g/mol. The van der Waals surface area contributed by atoms with E-state index in [2.05, 4.69) is 31.2 Å². The first-order chi connectivity index (χ1) is 13.2. The van der Waals surface area contributed by atoms with Crippen LogP contribution in [-0.4, -0.2) is 26.6 Å². The summed E-state index contributed by atoms with van der Waals surface area (Å²) in [6.07, 6.45) is 0. The predicted octanol–water partition coefficient (Wildman–Crippen LogP) is 4.80. The Morgan fingerprint density at radius 2 is 1.93 bits per heavy atom. The number of nitrogen functional groups attached to an aromatic ring is 1. The van der Waals surface area contributed by atoms with Gasteiger partial charge in [0.2, 0.25) is 0 Å². The molecule has 0 spiro atoms. The fraction of sp³-hybridized carbons (Fsp3) is 0.105. The Hall–Kier alpha value is -2.71. The molecule has 0 aliphatic heterocycles. The van der Waals surface area contributed by atoms with Crippen molar-refractivity contribution in [3.63, 3.8) is 0 Å². The van der Waals surface area contributed by atoms with Gasteiger partial charge in [-0.2, -0.15) is 4.68 Å². The number of benzene rings is 2. The number of halogens is 1. The minimum Gasteiger partial charge on any atom is -0.494 e. The number of nitrogens with two attached hydrogens (primary N) is 1. The summed E-state index contributed by atoms with van der Waals surface area (Å²) >= 11 is 5.01. The van der Waals surface area contributed by atoms with Gasteiger partial charge in [0.05, 0.1) is 18.0 Å². The molecule has 0 unspecified atom stereocenters. The van der Waals surface area contributed by atoms with Crippen molar-refractivity contribution in [1.29, 1.82) is 0 Å². The van der Waals surface area contributed by atoms with Gasteiger partial charge in [0.25, 0.3) is 0 Å². The van der Waals surface area contributed by atoms with Crippen LogP contribution in [0.1, 0.15) is 6.92 Å². The zero-order valence-electron chi connectivity index (χ0n) is 14.5. The smallest absolute Gasteiger partial charge is 0.165 e. The molecule has 0 aliphatic carbocycles. The molecule has 0 saturated carbocycles. The molecule has 2 aromatic carbocycles. The second-order valence-corrected chi connectivity index (χ2v) is 7.39. The molecule has 0 aliphatic rings. The minimum atomic E-state index is 0.453. The molecule has 0 saturated heterocycles. The number of anilines is 1. The molecule has 4 aromatic rings. The molecule has 0 radical (unpaired) electrons. The largest absolute Gasteiger partial charge is 0.494 e. The van der Waals surface area contributed by atoms with Crippen molar-refractivity contribution in [2.24, 2.45) is 0 Å². The maximum absolute atomic E-state index is 6.30. The third kappa shape index (κ3) is 3.45. The minimum absolute atomic E-state index is 0.453. The number of rotatable bonds is 5. The van der Waals surface area contributed by atoms with Crippen molar-refractivity contribution in [2.75, 3.05) is 12.3 Å². The average molecular weight is 442 g/mol. The van der Waals surface area contributed by atoms with E-state index >= 15 is 0 Å². The van der Waals surface area contributed by atoms with Gasteiger partial charge in [0.1, 0.15) is 10.8 Å². The van der Waals surface area contributed by atoms with Gasteiger partial charge in [-0.1, -0.05) is 17.3 Å². The van der Waals surface area contributed by atoms with Crippen molar-refractivity contribution >= 4 is 33.1 Å². The van der Waals surface area contributed by atoms with E-state index in [0.717, 1.165) is 32.2 Å². The Labute approximate surface area is 168 Å². The first kappa shape index (κ1) is 17.7. The van der Waals surface area contributed by atoms with Crippen LogP contribution in [0.15, 0.2) is 58.4 Å². The summed E-state index contributed by atoms with van der Waals surface area (Å²) in [7, 11) is 0. The summed E-state index contributed by atoms with van der Waals surface area (Å²) in [6, 6.07) is 15.6. The highest BCUT2D eigenvalue weighted by Gasteiger charge is 2.18. The van der Waals surface area contributed by atoms with Gasteiger partial charge < -0.3 is 10.5 Å². The SMILES string of the molecule is CCOc1ccc(-c2csc(-c3nnn(-c4ccccc4Br)c3N)n2)cc1. The van der Waals surface area contributed by atoms with Crippen molar-refractivity contribution in [1.82, 2.24) is 20.0 Å². The Kier molecular flexibility index (Phi) is 4.91. The number of nitrogens with zero attached hydrogens (tertiary/aromatic N) is 4. The van der Waals surface area contributed by atoms with Crippen LogP contribution in [0.25, 0.3) is 27.6 Å². The van der Waals surface area contributed by atoms with Crippen LogP contribution < -0.4 is 10.5 Å². The standard InChI is InChI=1S/C19H16BrN5OS/c1-2-26-13-9-7-12(8-10-13)15-11-27-19(22-15)17-18(21)25(24-23-17)16-6-4-3-5-14(16)20/h3-11H,2,21H2,1H3. The molecule has 0 bridgehead atoms. The van der Waals surface area contributed by atoms with Gasteiger partial charge in [0, 0.05) is 15.4 Å². The van der Waals surface area contributed by atoms with Gasteiger partial charge in [0.15, 0.2) is 11.5 Å². The third-order valence-electron chi connectivity index (χ3n) is 3.95. The van der Waals surface area contributed by atoms with Crippen LogP contribution in [0.3, 0.4) is 0 Å². The lowest BCUT2D eigenvalue weighted by Gasteiger charge is -2.05. The summed E-state index contributed by atoms with van der Waals surface area (Å²) in [5.41, 5.74) is 9.59. The lowest BCUT2D eigenvalue weighted by Crippen LogP contribution is -2.03. The van der Waals surface area contributed by atoms with Gasteiger partial charge >= 0.3 is 0 Å². The molecular formula is C19H16BrN5OS. The van der Waals surface area contributed by atoms with E-state index < -0.39 is 0 Å². The summed E-state index contributed by atoms with van der Waals surface area (Å²) in [5, 5.41) is 11.2. The quantitative estimate of drug-likeness (QED) is 0.480. The van der Waals surface area contributed by atoms with Crippen LogP contribution in [0.2, 0.25) is 0 Å². The van der Waals surface area contributed by atoms with Crippen molar-refractivity contribution in [2.45, 2.75) is 6.92 Å². The zero-order chi connectivity index (χ0) is 18.8. The molecule has 2 N–H and O–H groups in total. The zero-order valence-corrected chi connectivity index (χ0v) is 16.9. The summed E-state index contributed by atoms with van der Waals surface area (Å²) in [4.78, 5) is 4.69. The molecule has 8 heteroatoms. The highest BCUT2D eigenvalue weighted by Crippen LogP contribution is 2.33. The van der Waals surface area contributed by atoms with E-state index in [1.54, 1.807) is 4.68 Å². The second kappa shape index (κ2) is 7.50. The molecule has 4 rings (SSSR count). The molecule has 0 atom stereocenters. The Morgan fingerprint density at radius 1 is 1.15 bits per heavy atom. The van der Waals surface area contributed by atoms with Crippen LogP contribution in [-0.2, 0) is 0 Å². The molecule has 136 valence electrons. The van der Waals surface area contributed by atoms with Gasteiger partial charge in [-0.05, 0) is 59.3 Å². The Balaban J connectivity index is 1.65. The number of hydrogen-bond donors (Lipinski definition) is 1. The Morgan fingerprint density at radius 3 is 2.67 bits per heavy atom. The topological polar surface area (TPSA) is 78.9 Å². The van der Waals surface area contributed by atoms with Crippen LogP contribution in [0, 0.1) is 0 Å². The Bertz CT molecular complexity index is 1070. The van der Waals surface area contributed by atoms with E-state index in [4.69, 9.17) is 10.5 Å². The van der Waals surface area contributed by atoms with Crippen molar-refractivity contribution in [3.05, 3.63) is 58.4 Å². The molecule has 6 nitrogen and oxygen atoms in total. The molecule has 27 heavy (non-hydrogen) atoms. The summed E-state index contributed by atoms with van der Waals surface area (Å²) < 4.78 is 7.98. The van der Waals surface area contributed by atoms with Gasteiger partial charge in [-0.15, -0.1) is 16.4 Å². The predicted molar refractivity (Wildman–Crippen MR) is 111 cm³/mol. The highest BCUT2D eigenvalue weighted by molar-refractivity contribution is 9.10. The maximum Gasteiger partial charge on any atom is 0.165 e. The van der Waals surface area contributed by atoms with Crippen molar-refractivity contribution < 1.29 is 4.74 Å². The van der Waals surface area contributed by atoms with E-state index in [1.807, 2.05) is 60.8 Å². The van der Waals surface area contributed by atoms with Crippen LogP contribution in [0.5, 0.6) is 5.75 Å². The van der Waals surface area contributed by atoms with Gasteiger partial charge in [-0.3, -0.25) is 0 Å².